The van der Waals surface area contributed by atoms with Crippen LogP contribution in [0.4, 0.5) is 11.4 Å². The summed E-state index contributed by atoms with van der Waals surface area (Å²) in [7, 11) is 0. The van der Waals surface area contributed by atoms with Gasteiger partial charge in [0.15, 0.2) is 0 Å². The molecule has 0 saturated carbocycles. The summed E-state index contributed by atoms with van der Waals surface area (Å²) in [6, 6.07) is 7.75. The van der Waals surface area contributed by atoms with Crippen molar-refractivity contribution in [1.29, 1.82) is 0 Å². The number of carbonyl (C=O) groups is 1. The van der Waals surface area contributed by atoms with Crippen LogP contribution in [-0.2, 0) is 9.53 Å². The summed E-state index contributed by atoms with van der Waals surface area (Å²) in [5, 5.41) is 6.39. The molecule has 3 atom stereocenters. The van der Waals surface area contributed by atoms with Gasteiger partial charge in [-0.25, -0.2) is 0 Å². The summed E-state index contributed by atoms with van der Waals surface area (Å²) in [6.07, 6.45) is 1.41. The molecule has 0 bridgehead atoms. The standard InChI is InChI=1S/C14H18N2O2/c1-3-14-8-9(2)18-13(14)16-11-7-5-4-6-10(11)15-12(14)17/h4-7,9,13,16H,3,8H2,1-2H3,(H,15,17). The fourth-order valence-corrected chi connectivity index (χ4v) is 3.01. The maximum atomic E-state index is 12.5. The second-order valence-corrected chi connectivity index (χ2v) is 5.18. The highest BCUT2D eigenvalue weighted by molar-refractivity contribution is 6.00. The van der Waals surface area contributed by atoms with Crippen LogP contribution < -0.4 is 10.6 Å². The van der Waals surface area contributed by atoms with E-state index in [4.69, 9.17) is 4.74 Å². The third kappa shape index (κ3) is 1.52. The molecule has 2 N–H and O–H groups in total. The molecule has 96 valence electrons. The van der Waals surface area contributed by atoms with E-state index in [-0.39, 0.29) is 18.2 Å². The Morgan fingerprint density at radius 3 is 2.83 bits per heavy atom. The maximum absolute atomic E-state index is 12.5. The number of fused-ring (bicyclic) bond motifs is 2. The molecule has 2 heterocycles. The van der Waals surface area contributed by atoms with Gasteiger partial charge in [0.25, 0.3) is 0 Å². The number of hydrogen-bond donors (Lipinski definition) is 2. The molecule has 1 aromatic carbocycles. The molecule has 0 radical (unpaired) electrons. The molecule has 0 spiro atoms. The zero-order valence-corrected chi connectivity index (χ0v) is 10.7. The first-order valence-corrected chi connectivity index (χ1v) is 6.48. The van der Waals surface area contributed by atoms with E-state index >= 15 is 0 Å². The van der Waals surface area contributed by atoms with Gasteiger partial charge >= 0.3 is 0 Å². The predicted octanol–water partition coefficient (Wildman–Crippen LogP) is 2.58. The Labute approximate surface area is 107 Å². The third-order valence-corrected chi connectivity index (χ3v) is 4.07. The van der Waals surface area contributed by atoms with Crippen molar-refractivity contribution in [3.63, 3.8) is 0 Å². The molecule has 4 heteroatoms. The quantitative estimate of drug-likeness (QED) is 0.800. The Morgan fingerprint density at radius 2 is 2.11 bits per heavy atom. The number of para-hydroxylation sites is 2. The Bertz CT molecular complexity index is 488. The smallest absolute Gasteiger partial charge is 0.235 e. The molecule has 1 fully saturated rings. The number of nitrogens with one attached hydrogen (secondary N) is 2. The zero-order chi connectivity index (χ0) is 12.8. The van der Waals surface area contributed by atoms with Crippen molar-refractivity contribution in [3.8, 4) is 0 Å². The zero-order valence-electron chi connectivity index (χ0n) is 10.7. The molecule has 0 aromatic heterocycles. The normalized spacial score (nSPS) is 34.0. The highest BCUT2D eigenvalue weighted by atomic mass is 16.5. The Balaban J connectivity index is 2.05. The van der Waals surface area contributed by atoms with Crippen LogP contribution in [0.1, 0.15) is 26.7 Å². The highest BCUT2D eigenvalue weighted by Crippen LogP contribution is 2.45. The number of carbonyl (C=O) groups excluding carboxylic acids is 1. The predicted molar refractivity (Wildman–Crippen MR) is 70.4 cm³/mol. The van der Waals surface area contributed by atoms with E-state index in [1.807, 2.05) is 38.1 Å². The van der Waals surface area contributed by atoms with Gasteiger partial charge in [0.1, 0.15) is 6.23 Å². The molecule has 1 aromatic rings. The van der Waals surface area contributed by atoms with Crippen molar-refractivity contribution in [2.24, 2.45) is 5.41 Å². The minimum atomic E-state index is -0.460. The summed E-state index contributed by atoms with van der Waals surface area (Å²) in [4.78, 5) is 12.5. The Hall–Kier alpha value is -1.55. The van der Waals surface area contributed by atoms with E-state index in [0.717, 1.165) is 24.2 Å². The first kappa shape index (κ1) is 11.5. The molecule has 3 unspecified atom stereocenters. The molecule has 2 aliphatic heterocycles. The number of amides is 1. The van der Waals surface area contributed by atoms with Crippen molar-refractivity contribution in [2.45, 2.75) is 39.0 Å². The van der Waals surface area contributed by atoms with E-state index in [1.54, 1.807) is 0 Å². The largest absolute Gasteiger partial charge is 0.358 e. The molecule has 3 rings (SSSR count). The van der Waals surface area contributed by atoms with Crippen molar-refractivity contribution in [1.82, 2.24) is 0 Å². The van der Waals surface area contributed by atoms with E-state index in [0.29, 0.717) is 0 Å². The van der Waals surface area contributed by atoms with Crippen LogP contribution in [0.3, 0.4) is 0 Å². The summed E-state index contributed by atoms with van der Waals surface area (Å²) in [5.41, 5.74) is 1.31. The van der Waals surface area contributed by atoms with E-state index in [1.165, 1.54) is 0 Å². The fraction of sp³-hybridized carbons (Fsp3) is 0.500. The van der Waals surface area contributed by atoms with Gasteiger partial charge in [-0.2, -0.15) is 0 Å². The lowest BCUT2D eigenvalue weighted by Gasteiger charge is -2.29. The maximum Gasteiger partial charge on any atom is 0.235 e. The summed E-state index contributed by atoms with van der Waals surface area (Å²) >= 11 is 0. The monoisotopic (exact) mass is 246 g/mol. The van der Waals surface area contributed by atoms with Crippen LogP contribution in [0.15, 0.2) is 24.3 Å². The number of rotatable bonds is 1. The number of benzene rings is 1. The average molecular weight is 246 g/mol. The van der Waals surface area contributed by atoms with Gasteiger partial charge < -0.3 is 15.4 Å². The summed E-state index contributed by atoms with van der Waals surface area (Å²) in [5.74, 6) is 0.0665. The lowest BCUT2D eigenvalue weighted by atomic mass is 9.79. The molecular formula is C14H18N2O2. The SMILES string of the molecule is CCC12CC(C)OC1Nc1ccccc1NC2=O. The molecule has 18 heavy (non-hydrogen) atoms. The highest BCUT2D eigenvalue weighted by Gasteiger charge is 2.53. The molecule has 4 nitrogen and oxygen atoms in total. The molecule has 1 saturated heterocycles. The lowest BCUT2D eigenvalue weighted by Crippen LogP contribution is -2.44. The van der Waals surface area contributed by atoms with Crippen molar-refractivity contribution in [2.75, 3.05) is 10.6 Å². The van der Waals surface area contributed by atoms with Crippen molar-refractivity contribution >= 4 is 17.3 Å². The van der Waals surface area contributed by atoms with Crippen LogP contribution in [0, 0.1) is 5.41 Å². The first-order chi connectivity index (χ1) is 8.65. The Morgan fingerprint density at radius 1 is 1.39 bits per heavy atom. The molecular weight excluding hydrogens is 228 g/mol. The van der Waals surface area contributed by atoms with Crippen LogP contribution in [0.25, 0.3) is 0 Å². The van der Waals surface area contributed by atoms with E-state index in [2.05, 4.69) is 10.6 Å². The molecule has 2 aliphatic rings. The van der Waals surface area contributed by atoms with Gasteiger partial charge in [0.05, 0.1) is 22.9 Å². The van der Waals surface area contributed by atoms with Gasteiger partial charge in [0.2, 0.25) is 5.91 Å². The van der Waals surface area contributed by atoms with Gasteiger partial charge in [-0.15, -0.1) is 0 Å². The van der Waals surface area contributed by atoms with E-state index in [9.17, 15) is 4.79 Å². The Kier molecular flexibility index (Phi) is 2.55. The van der Waals surface area contributed by atoms with E-state index < -0.39 is 5.41 Å². The van der Waals surface area contributed by atoms with Gasteiger partial charge in [0, 0.05) is 0 Å². The second-order valence-electron chi connectivity index (χ2n) is 5.18. The van der Waals surface area contributed by atoms with Gasteiger partial charge in [-0.1, -0.05) is 19.1 Å². The van der Waals surface area contributed by atoms with Gasteiger partial charge in [-0.3, -0.25) is 4.79 Å². The second kappa shape index (κ2) is 3.99. The minimum Gasteiger partial charge on any atom is -0.358 e. The van der Waals surface area contributed by atoms with Crippen LogP contribution in [0.5, 0.6) is 0 Å². The third-order valence-electron chi connectivity index (χ3n) is 4.07. The average Bonchev–Trinajstić information content (AvgIpc) is 2.63. The van der Waals surface area contributed by atoms with Crippen LogP contribution in [0.2, 0.25) is 0 Å². The van der Waals surface area contributed by atoms with Gasteiger partial charge in [-0.05, 0) is 31.9 Å². The number of anilines is 2. The van der Waals surface area contributed by atoms with Crippen molar-refractivity contribution < 1.29 is 9.53 Å². The minimum absolute atomic E-state index is 0.0665. The number of ether oxygens (including phenoxy) is 1. The first-order valence-electron chi connectivity index (χ1n) is 6.48. The summed E-state index contributed by atoms with van der Waals surface area (Å²) in [6.45, 7) is 4.07. The fourth-order valence-electron chi connectivity index (χ4n) is 3.01. The van der Waals surface area contributed by atoms with Crippen LogP contribution in [-0.4, -0.2) is 18.2 Å². The number of hydrogen-bond acceptors (Lipinski definition) is 3. The lowest BCUT2D eigenvalue weighted by molar-refractivity contribution is -0.128. The summed E-state index contributed by atoms with van der Waals surface area (Å²) < 4.78 is 5.89. The topological polar surface area (TPSA) is 50.4 Å². The van der Waals surface area contributed by atoms with Crippen LogP contribution >= 0.6 is 0 Å². The molecule has 1 amide bonds. The molecule has 0 aliphatic carbocycles. The van der Waals surface area contributed by atoms with Crippen molar-refractivity contribution in [3.05, 3.63) is 24.3 Å².